The first-order chi connectivity index (χ1) is 4.83. The first-order valence-electron chi connectivity index (χ1n) is 3.29. The van der Waals surface area contributed by atoms with E-state index in [9.17, 15) is 9.18 Å². The van der Waals surface area contributed by atoms with E-state index in [1.54, 1.807) is 0 Å². The molecular weight excluding hydrogens is 151 g/mol. The average Bonchev–Trinajstić information content (AvgIpc) is 1.80. The molecule has 11 heavy (non-hydrogen) atoms. The zero-order valence-electron chi connectivity index (χ0n) is 6.38. The van der Waals surface area contributed by atoms with Gasteiger partial charge in [-0.25, -0.2) is 4.39 Å². The summed E-state index contributed by atoms with van der Waals surface area (Å²) in [5, 5.41) is 8.29. The molecule has 5 N–H and O–H groups in total. The van der Waals surface area contributed by atoms with E-state index in [-0.39, 0.29) is 12.8 Å². The van der Waals surface area contributed by atoms with Gasteiger partial charge in [-0.2, -0.15) is 0 Å². The molecule has 0 aromatic carbocycles. The van der Waals surface area contributed by atoms with Crippen LogP contribution in [0.15, 0.2) is 0 Å². The monoisotopic (exact) mass is 164 g/mol. The van der Waals surface area contributed by atoms with Gasteiger partial charge >= 0.3 is 5.97 Å². The Balaban J connectivity index is 3.63. The predicted molar refractivity (Wildman–Crippen MR) is 38.5 cm³/mol. The second-order valence-corrected chi connectivity index (χ2v) is 2.76. The zero-order valence-corrected chi connectivity index (χ0v) is 6.38. The molecule has 0 aromatic heterocycles. The van der Waals surface area contributed by atoms with Gasteiger partial charge in [0.1, 0.15) is 6.04 Å². The second kappa shape index (κ2) is 3.64. The summed E-state index contributed by atoms with van der Waals surface area (Å²) in [7, 11) is 0. The summed E-state index contributed by atoms with van der Waals surface area (Å²) in [5.74, 6) is -2.96. The van der Waals surface area contributed by atoms with Crippen LogP contribution in [0.4, 0.5) is 4.39 Å². The van der Waals surface area contributed by atoms with Crippen LogP contribution < -0.4 is 11.5 Å². The van der Waals surface area contributed by atoms with Crippen LogP contribution in [0.3, 0.4) is 0 Å². The molecule has 0 aliphatic carbocycles. The molecule has 0 saturated carbocycles. The summed E-state index contributed by atoms with van der Waals surface area (Å²) in [6.45, 7) is 1.18. The standard InChI is InChI=1S/C6H13FN2O2/c1-6(7,9)3-2-4(8)5(10)11/h4H,2-3,8-9H2,1H3,(H,10,11). The molecule has 2 unspecified atom stereocenters. The van der Waals surface area contributed by atoms with Crippen molar-refractivity contribution >= 4 is 5.97 Å². The van der Waals surface area contributed by atoms with Crippen molar-refractivity contribution in [2.45, 2.75) is 31.6 Å². The molecule has 0 saturated heterocycles. The molecule has 0 heterocycles. The molecule has 2 atom stereocenters. The number of alkyl halides is 1. The van der Waals surface area contributed by atoms with Crippen molar-refractivity contribution in [1.29, 1.82) is 0 Å². The summed E-state index contributed by atoms with van der Waals surface area (Å²) in [4.78, 5) is 10.1. The largest absolute Gasteiger partial charge is 0.480 e. The van der Waals surface area contributed by atoms with Gasteiger partial charge in [0.2, 0.25) is 0 Å². The lowest BCUT2D eigenvalue weighted by molar-refractivity contribution is -0.138. The quantitative estimate of drug-likeness (QED) is 0.503. The van der Waals surface area contributed by atoms with E-state index in [0.717, 1.165) is 0 Å². The highest BCUT2D eigenvalue weighted by atomic mass is 19.1. The summed E-state index contributed by atoms with van der Waals surface area (Å²) in [6, 6.07) is -1.02. The van der Waals surface area contributed by atoms with E-state index in [1.165, 1.54) is 6.92 Å². The number of aliphatic carboxylic acids is 1. The third kappa shape index (κ3) is 5.75. The Morgan fingerprint density at radius 3 is 2.55 bits per heavy atom. The van der Waals surface area contributed by atoms with E-state index in [4.69, 9.17) is 16.6 Å². The minimum atomic E-state index is -1.83. The van der Waals surface area contributed by atoms with Gasteiger partial charge in [-0.1, -0.05) is 0 Å². The molecular formula is C6H13FN2O2. The van der Waals surface area contributed by atoms with Gasteiger partial charge in [0, 0.05) is 0 Å². The lowest BCUT2D eigenvalue weighted by atomic mass is 10.1. The zero-order chi connectivity index (χ0) is 9.07. The molecule has 0 fully saturated rings. The first kappa shape index (κ1) is 10.3. The molecule has 4 nitrogen and oxygen atoms in total. The van der Waals surface area contributed by atoms with E-state index in [0.29, 0.717) is 0 Å². The fraction of sp³-hybridized carbons (Fsp3) is 0.833. The molecule has 0 aromatic rings. The highest BCUT2D eigenvalue weighted by Crippen LogP contribution is 2.10. The molecule has 0 aliphatic heterocycles. The molecule has 0 aliphatic rings. The Morgan fingerprint density at radius 1 is 1.82 bits per heavy atom. The predicted octanol–water partition coefficient (Wildman–Crippen LogP) is -0.177. The molecule has 0 bridgehead atoms. The lowest BCUT2D eigenvalue weighted by Crippen LogP contribution is -2.36. The van der Waals surface area contributed by atoms with Crippen molar-refractivity contribution in [2.24, 2.45) is 11.5 Å². The maximum atomic E-state index is 12.5. The Bertz CT molecular complexity index is 144. The number of carboxylic acids is 1. The van der Waals surface area contributed by atoms with E-state index < -0.39 is 17.8 Å². The number of carbonyl (C=O) groups is 1. The molecule has 0 spiro atoms. The van der Waals surface area contributed by atoms with Gasteiger partial charge in [-0.15, -0.1) is 0 Å². The van der Waals surface area contributed by atoms with Crippen molar-refractivity contribution in [1.82, 2.24) is 0 Å². The smallest absolute Gasteiger partial charge is 0.320 e. The van der Waals surface area contributed by atoms with Gasteiger partial charge in [0.05, 0.1) is 0 Å². The number of hydrogen-bond acceptors (Lipinski definition) is 3. The number of nitrogens with two attached hydrogens (primary N) is 2. The van der Waals surface area contributed by atoms with Gasteiger partial charge < -0.3 is 10.8 Å². The molecule has 0 rings (SSSR count). The fourth-order valence-electron chi connectivity index (χ4n) is 0.561. The molecule has 5 heteroatoms. The Hall–Kier alpha value is -0.680. The maximum absolute atomic E-state index is 12.5. The van der Waals surface area contributed by atoms with Crippen molar-refractivity contribution in [3.63, 3.8) is 0 Å². The number of carboxylic acid groups (broad SMARTS) is 1. The van der Waals surface area contributed by atoms with Crippen LogP contribution in [-0.4, -0.2) is 22.9 Å². The third-order valence-electron chi connectivity index (χ3n) is 1.26. The third-order valence-corrected chi connectivity index (χ3v) is 1.26. The second-order valence-electron chi connectivity index (χ2n) is 2.76. The Kier molecular flexibility index (Phi) is 3.41. The SMILES string of the molecule is CC(N)(F)CCC(N)C(=O)O. The van der Waals surface area contributed by atoms with Crippen molar-refractivity contribution in [2.75, 3.05) is 0 Å². The summed E-state index contributed by atoms with van der Waals surface area (Å²) >= 11 is 0. The highest BCUT2D eigenvalue weighted by Gasteiger charge is 2.20. The Labute approximate surface area is 64.4 Å². The van der Waals surface area contributed by atoms with Crippen LogP contribution in [0.2, 0.25) is 0 Å². The number of hydrogen-bond donors (Lipinski definition) is 3. The van der Waals surface area contributed by atoms with E-state index >= 15 is 0 Å². The molecule has 0 radical (unpaired) electrons. The van der Waals surface area contributed by atoms with E-state index in [2.05, 4.69) is 0 Å². The first-order valence-corrected chi connectivity index (χ1v) is 3.29. The van der Waals surface area contributed by atoms with Crippen molar-refractivity contribution < 1.29 is 14.3 Å². The summed E-state index contributed by atoms with van der Waals surface area (Å²) in [6.07, 6.45) is 0.0132. The van der Waals surface area contributed by atoms with Crippen LogP contribution in [0.5, 0.6) is 0 Å². The maximum Gasteiger partial charge on any atom is 0.320 e. The van der Waals surface area contributed by atoms with Crippen LogP contribution in [0.1, 0.15) is 19.8 Å². The summed E-state index contributed by atoms with van der Waals surface area (Å²) < 4.78 is 12.5. The molecule has 66 valence electrons. The summed E-state index contributed by atoms with van der Waals surface area (Å²) in [5.41, 5.74) is 10.1. The van der Waals surface area contributed by atoms with Gasteiger partial charge in [-0.05, 0) is 19.8 Å². The number of rotatable bonds is 4. The van der Waals surface area contributed by atoms with Crippen LogP contribution in [0, 0.1) is 0 Å². The van der Waals surface area contributed by atoms with Gasteiger partial charge in [0.15, 0.2) is 5.79 Å². The average molecular weight is 164 g/mol. The van der Waals surface area contributed by atoms with Crippen LogP contribution >= 0.6 is 0 Å². The highest BCUT2D eigenvalue weighted by molar-refractivity contribution is 5.72. The Morgan fingerprint density at radius 2 is 2.27 bits per heavy atom. The molecule has 0 amide bonds. The minimum absolute atomic E-state index is 0.0412. The lowest BCUT2D eigenvalue weighted by Gasteiger charge is -2.14. The van der Waals surface area contributed by atoms with Gasteiger partial charge in [0.25, 0.3) is 0 Å². The fourth-order valence-corrected chi connectivity index (χ4v) is 0.561. The van der Waals surface area contributed by atoms with Crippen LogP contribution in [-0.2, 0) is 4.79 Å². The number of halogens is 1. The minimum Gasteiger partial charge on any atom is -0.480 e. The van der Waals surface area contributed by atoms with Crippen LogP contribution in [0.25, 0.3) is 0 Å². The van der Waals surface area contributed by atoms with E-state index in [1.807, 2.05) is 0 Å². The van der Waals surface area contributed by atoms with Crippen molar-refractivity contribution in [3.05, 3.63) is 0 Å². The normalized spacial score (nSPS) is 18.9. The van der Waals surface area contributed by atoms with Gasteiger partial charge in [-0.3, -0.25) is 10.5 Å². The van der Waals surface area contributed by atoms with Crippen molar-refractivity contribution in [3.8, 4) is 0 Å². The topological polar surface area (TPSA) is 89.3 Å².